The van der Waals surface area contributed by atoms with Crippen molar-refractivity contribution in [1.29, 1.82) is 0 Å². The van der Waals surface area contributed by atoms with Crippen LogP contribution in [0.2, 0.25) is 15.5 Å². The van der Waals surface area contributed by atoms with E-state index in [1.54, 1.807) is 6.07 Å². The second kappa shape index (κ2) is 4.46. The van der Waals surface area contributed by atoms with Crippen molar-refractivity contribution in [1.82, 2.24) is 0 Å². The van der Waals surface area contributed by atoms with E-state index in [4.69, 9.17) is 17.3 Å². The molecule has 2 rings (SSSR count). The Balaban J connectivity index is 2.68. The number of benzene rings is 1. The highest BCUT2D eigenvalue weighted by Crippen LogP contribution is 2.60. The Labute approximate surface area is 123 Å². The topological polar surface area (TPSA) is 43.1 Å². The largest absolute Gasteiger partial charge is 0.316 e. The second-order valence-corrected chi connectivity index (χ2v) is 7.13. The number of carbonyl (C=O) groups is 1. The Morgan fingerprint density at radius 2 is 1.74 bits per heavy atom. The lowest BCUT2D eigenvalue weighted by Gasteiger charge is -2.57. The van der Waals surface area contributed by atoms with E-state index in [2.05, 4.69) is 31.4 Å². The zero-order valence-corrected chi connectivity index (χ0v) is 12.8. The van der Waals surface area contributed by atoms with Gasteiger partial charge in [0.15, 0.2) is 5.78 Å². The van der Waals surface area contributed by atoms with Gasteiger partial charge in [0.2, 0.25) is 0 Å². The molecule has 0 radical (unpaired) electrons. The molecule has 1 unspecified atom stereocenters. The zero-order valence-electron chi connectivity index (χ0n) is 12.1. The van der Waals surface area contributed by atoms with Gasteiger partial charge >= 0.3 is 0 Å². The number of carbonyl (C=O) groups excluding carboxylic acids is 1. The minimum atomic E-state index is -1.02. The number of Topliss-reactive ketones (excluding diaryl/α,β-unsaturated/α-hetero) is 1. The molecule has 96 valence electrons. The number of ketones is 1. The van der Waals surface area contributed by atoms with Crippen LogP contribution in [-0.4, -0.2) is 37.2 Å². The highest BCUT2D eigenvalue weighted by Gasteiger charge is 2.58. The van der Waals surface area contributed by atoms with Crippen molar-refractivity contribution in [3.63, 3.8) is 0 Å². The van der Waals surface area contributed by atoms with E-state index in [1.807, 2.05) is 18.2 Å². The lowest BCUT2D eigenvalue weighted by atomic mass is 9.22. The predicted molar refractivity (Wildman–Crippen MR) is 91.1 cm³/mol. The standard InChI is InChI=1S/C12H18B4ClNO/c13-10(14)6-5-9(19)11(18,12(10,15)16)7-3-1-2-4-8(7)17/h1-4H,5-6,13-16,18H2. The lowest BCUT2D eigenvalue weighted by Crippen LogP contribution is -2.62. The van der Waals surface area contributed by atoms with Crippen LogP contribution in [0.5, 0.6) is 0 Å². The summed E-state index contributed by atoms with van der Waals surface area (Å²) in [6.45, 7) is 0. The molecule has 1 atom stereocenters. The normalized spacial score (nSPS) is 29.1. The molecule has 0 aromatic heterocycles. The van der Waals surface area contributed by atoms with Gasteiger partial charge in [0.05, 0.1) is 21.2 Å². The zero-order chi connectivity index (χ0) is 14.5. The third-order valence-corrected chi connectivity index (χ3v) is 5.72. The third kappa shape index (κ3) is 1.92. The third-order valence-electron chi connectivity index (χ3n) is 5.39. The first kappa shape index (κ1) is 14.8. The SMILES string of the molecule is BC1(B)CCC(=O)C(N)(c2ccccc2Cl)C1(B)B. The van der Waals surface area contributed by atoms with E-state index in [9.17, 15) is 4.79 Å². The van der Waals surface area contributed by atoms with E-state index in [0.29, 0.717) is 11.4 Å². The summed E-state index contributed by atoms with van der Waals surface area (Å²) in [5.41, 5.74) is 6.37. The summed E-state index contributed by atoms with van der Waals surface area (Å²) in [5.74, 6) is 0.0879. The molecule has 0 amide bonds. The summed E-state index contributed by atoms with van der Waals surface area (Å²) in [7, 11) is 8.51. The second-order valence-electron chi connectivity index (χ2n) is 6.72. The molecule has 0 heterocycles. The molecule has 1 aromatic carbocycles. The van der Waals surface area contributed by atoms with Gasteiger partial charge in [-0.2, -0.15) is 0 Å². The fraction of sp³-hybridized carbons (Fsp3) is 0.417. The van der Waals surface area contributed by atoms with Gasteiger partial charge in [-0.05, 0) is 11.6 Å². The summed E-state index contributed by atoms with van der Waals surface area (Å²) in [6.07, 6.45) is 1.38. The quantitative estimate of drug-likeness (QED) is 0.640. The van der Waals surface area contributed by atoms with Crippen molar-refractivity contribution in [2.75, 3.05) is 0 Å². The van der Waals surface area contributed by atoms with Crippen LogP contribution in [0.1, 0.15) is 18.4 Å². The van der Waals surface area contributed by atoms with Gasteiger partial charge < -0.3 is 5.73 Å². The van der Waals surface area contributed by atoms with Crippen molar-refractivity contribution in [2.24, 2.45) is 5.73 Å². The van der Waals surface area contributed by atoms with Crippen LogP contribution in [0.15, 0.2) is 24.3 Å². The monoisotopic (exact) mass is 271 g/mol. The summed E-state index contributed by atoms with van der Waals surface area (Å²) < 4.78 is 0. The van der Waals surface area contributed by atoms with Crippen LogP contribution >= 0.6 is 11.6 Å². The van der Waals surface area contributed by atoms with Crippen molar-refractivity contribution >= 4 is 48.8 Å². The van der Waals surface area contributed by atoms with Gasteiger partial charge in [-0.25, -0.2) is 0 Å². The first-order chi connectivity index (χ1) is 8.64. The first-order valence-electron chi connectivity index (χ1n) is 6.72. The Bertz CT molecular complexity index is 534. The highest BCUT2D eigenvalue weighted by molar-refractivity contribution is 6.56. The van der Waals surface area contributed by atoms with E-state index >= 15 is 0 Å². The van der Waals surface area contributed by atoms with E-state index < -0.39 is 5.54 Å². The van der Waals surface area contributed by atoms with Crippen LogP contribution in [0, 0.1) is 0 Å². The number of rotatable bonds is 1. The molecule has 1 aliphatic rings. The molecule has 1 saturated carbocycles. The number of hydrogen-bond acceptors (Lipinski definition) is 2. The Kier molecular flexibility index (Phi) is 3.47. The average Bonchev–Trinajstić information content (AvgIpc) is 2.33. The maximum absolute atomic E-state index is 12.6. The van der Waals surface area contributed by atoms with Crippen molar-refractivity contribution in [3.8, 4) is 0 Å². The molecular weight excluding hydrogens is 253 g/mol. The van der Waals surface area contributed by atoms with Crippen LogP contribution in [0.25, 0.3) is 0 Å². The fourth-order valence-corrected chi connectivity index (χ4v) is 3.37. The maximum Gasteiger partial charge on any atom is 0.156 e. The fourth-order valence-electron chi connectivity index (χ4n) is 3.09. The van der Waals surface area contributed by atoms with Crippen LogP contribution in [-0.2, 0) is 10.3 Å². The Hall–Kier alpha value is -0.600. The van der Waals surface area contributed by atoms with Crippen LogP contribution < -0.4 is 5.73 Å². The average molecular weight is 271 g/mol. The summed E-state index contributed by atoms with van der Waals surface area (Å²) in [6, 6.07) is 7.43. The van der Waals surface area contributed by atoms with E-state index in [0.717, 1.165) is 12.0 Å². The smallest absolute Gasteiger partial charge is 0.156 e. The molecule has 0 bridgehead atoms. The van der Waals surface area contributed by atoms with Gasteiger partial charge in [-0.3, -0.25) is 4.79 Å². The molecule has 0 aliphatic heterocycles. The van der Waals surface area contributed by atoms with E-state index in [1.165, 1.54) is 0 Å². The summed E-state index contributed by atoms with van der Waals surface area (Å²) in [5, 5.41) is 0.193. The number of nitrogens with two attached hydrogens (primary N) is 1. The maximum atomic E-state index is 12.6. The summed E-state index contributed by atoms with van der Waals surface area (Å²) >= 11 is 6.30. The predicted octanol–water partition coefficient (Wildman–Crippen LogP) is -1.38. The van der Waals surface area contributed by atoms with Crippen molar-refractivity contribution in [3.05, 3.63) is 34.9 Å². The Morgan fingerprint density at radius 1 is 1.16 bits per heavy atom. The molecule has 19 heavy (non-hydrogen) atoms. The van der Waals surface area contributed by atoms with Crippen LogP contribution in [0.3, 0.4) is 0 Å². The minimum absolute atomic E-state index is 0.0190. The van der Waals surface area contributed by atoms with Crippen molar-refractivity contribution < 1.29 is 4.79 Å². The van der Waals surface area contributed by atoms with Gasteiger partial charge in [0.25, 0.3) is 0 Å². The first-order valence-corrected chi connectivity index (χ1v) is 7.09. The molecule has 2 nitrogen and oxygen atoms in total. The van der Waals surface area contributed by atoms with Gasteiger partial charge in [0.1, 0.15) is 15.7 Å². The molecule has 1 aromatic rings. The molecular formula is C12H18B4ClNO. The molecule has 2 N–H and O–H groups in total. The van der Waals surface area contributed by atoms with Gasteiger partial charge in [0, 0.05) is 11.4 Å². The van der Waals surface area contributed by atoms with E-state index in [-0.39, 0.29) is 16.2 Å². The molecule has 1 fully saturated rings. The van der Waals surface area contributed by atoms with Crippen LogP contribution in [0.4, 0.5) is 0 Å². The molecule has 1 aliphatic carbocycles. The number of hydrogen-bond donors (Lipinski definition) is 1. The van der Waals surface area contributed by atoms with Gasteiger partial charge in [-0.1, -0.05) is 46.6 Å². The minimum Gasteiger partial charge on any atom is -0.316 e. The molecule has 0 saturated heterocycles. The van der Waals surface area contributed by atoms with Crippen molar-refractivity contribution in [2.45, 2.75) is 28.8 Å². The highest BCUT2D eigenvalue weighted by atomic mass is 35.5. The number of halogens is 1. The molecule has 7 heteroatoms. The lowest BCUT2D eigenvalue weighted by molar-refractivity contribution is -0.127. The van der Waals surface area contributed by atoms with Gasteiger partial charge in [-0.15, -0.1) is 0 Å². The molecule has 0 spiro atoms. The summed E-state index contributed by atoms with van der Waals surface area (Å²) in [4.78, 5) is 12.6. The Morgan fingerprint density at radius 3 is 2.32 bits per heavy atom.